The van der Waals surface area contributed by atoms with E-state index in [9.17, 15) is 0 Å². The van der Waals surface area contributed by atoms with Crippen molar-refractivity contribution in [2.45, 2.75) is 38.9 Å². The smallest absolute Gasteiger partial charge is 0.455 e. The number of furan rings is 1. The number of hydrogen-bond donors (Lipinski definition) is 0. The monoisotopic (exact) mass is 396 g/mol. The van der Waals surface area contributed by atoms with Gasteiger partial charge in [-0.1, -0.05) is 72.8 Å². The molecule has 4 heteroatoms. The number of fused-ring (bicyclic) bond motifs is 1. The first-order valence-electron chi connectivity index (χ1n) is 10.4. The van der Waals surface area contributed by atoms with Gasteiger partial charge in [-0.25, -0.2) is 0 Å². The molecule has 0 unspecified atom stereocenters. The van der Waals surface area contributed by atoms with Gasteiger partial charge in [0.15, 0.2) is 0 Å². The summed E-state index contributed by atoms with van der Waals surface area (Å²) in [6.45, 7) is 8.28. The summed E-state index contributed by atoms with van der Waals surface area (Å²) in [5, 5.41) is 1.08. The third-order valence-corrected chi connectivity index (χ3v) is 6.34. The van der Waals surface area contributed by atoms with E-state index in [1.54, 1.807) is 0 Å². The van der Waals surface area contributed by atoms with Gasteiger partial charge in [0.25, 0.3) is 0 Å². The molecule has 0 aliphatic carbocycles. The Morgan fingerprint density at radius 2 is 1.23 bits per heavy atom. The molecular weight excluding hydrogens is 371 g/mol. The molecule has 4 aromatic rings. The van der Waals surface area contributed by atoms with Crippen LogP contribution in [-0.4, -0.2) is 18.3 Å². The Labute approximate surface area is 177 Å². The van der Waals surface area contributed by atoms with Crippen molar-refractivity contribution in [3.8, 4) is 22.5 Å². The third kappa shape index (κ3) is 3.08. The van der Waals surface area contributed by atoms with Gasteiger partial charge in [-0.15, -0.1) is 0 Å². The van der Waals surface area contributed by atoms with Crippen LogP contribution >= 0.6 is 0 Å². The molecule has 1 aliphatic rings. The lowest BCUT2D eigenvalue weighted by molar-refractivity contribution is 0.00578. The fourth-order valence-electron chi connectivity index (χ4n) is 3.92. The zero-order chi connectivity index (χ0) is 20.9. The van der Waals surface area contributed by atoms with E-state index in [0.717, 1.165) is 38.9 Å². The first-order valence-corrected chi connectivity index (χ1v) is 10.4. The van der Waals surface area contributed by atoms with Crippen LogP contribution in [0.5, 0.6) is 0 Å². The molecule has 1 fully saturated rings. The molecule has 1 aromatic heterocycles. The minimum absolute atomic E-state index is 0.375. The summed E-state index contributed by atoms with van der Waals surface area (Å²) in [4.78, 5) is 0. The van der Waals surface area contributed by atoms with Crippen LogP contribution in [0.15, 0.2) is 83.3 Å². The highest BCUT2D eigenvalue weighted by atomic mass is 16.7. The molecule has 1 saturated heterocycles. The van der Waals surface area contributed by atoms with Crippen molar-refractivity contribution < 1.29 is 13.7 Å². The van der Waals surface area contributed by atoms with Gasteiger partial charge in [-0.05, 0) is 44.8 Å². The molecule has 5 rings (SSSR count). The van der Waals surface area contributed by atoms with Crippen LogP contribution in [0.3, 0.4) is 0 Å². The van der Waals surface area contributed by atoms with Crippen molar-refractivity contribution in [3.63, 3.8) is 0 Å². The predicted octanol–water partition coefficient (Wildman–Crippen LogP) is 6.07. The first-order chi connectivity index (χ1) is 14.4. The zero-order valence-corrected chi connectivity index (χ0v) is 17.8. The Kier molecular flexibility index (Phi) is 4.39. The highest BCUT2D eigenvalue weighted by molar-refractivity contribution is 6.62. The van der Waals surface area contributed by atoms with Gasteiger partial charge in [0.1, 0.15) is 11.3 Å². The quantitative estimate of drug-likeness (QED) is 0.394. The van der Waals surface area contributed by atoms with E-state index in [2.05, 4.69) is 82.3 Å². The normalized spacial score (nSPS) is 17.5. The van der Waals surface area contributed by atoms with Gasteiger partial charge in [0.2, 0.25) is 0 Å². The van der Waals surface area contributed by atoms with Crippen LogP contribution in [0.1, 0.15) is 27.7 Å². The van der Waals surface area contributed by atoms with Gasteiger partial charge in [-0.3, -0.25) is 0 Å². The van der Waals surface area contributed by atoms with E-state index in [1.807, 2.05) is 24.3 Å². The van der Waals surface area contributed by atoms with Crippen molar-refractivity contribution in [3.05, 3.63) is 78.9 Å². The Morgan fingerprint density at radius 1 is 0.667 bits per heavy atom. The molecule has 3 nitrogen and oxygen atoms in total. The molecule has 0 amide bonds. The van der Waals surface area contributed by atoms with Gasteiger partial charge in [0.05, 0.1) is 11.2 Å². The maximum atomic E-state index is 6.43. The van der Waals surface area contributed by atoms with Crippen molar-refractivity contribution in [1.82, 2.24) is 0 Å². The van der Waals surface area contributed by atoms with E-state index < -0.39 is 7.12 Å². The summed E-state index contributed by atoms with van der Waals surface area (Å²) < 4.78 is 18.9. The van der Waals surface area contributed by atoms with Gasteiger partial charge in [0, 0.05) is 16.5 Å². The van der Waals surface area contributed by atoms with Crippen molar-refractivity contribution in [2.75, 3.05) is 0 Å². The van der Waals surface area contributed by atoms with E-state index in [0.29, 0.717) is 0 Å². The molecule has 0 N–H and O–H groups in total. The lowest BCUT2D eigenvalue weighted by Crippen LogP contribution is -2.41. The summed E-state index contributed by atoms with van der Waals surface area (Å²) in [5.41, 5.74) is 4.36. The van der Waals surface area contributed by atoms with Crippen molar-refractivity contribution in [1.29, 1.82) is 0 Å². The molecule has 150 valence electrons. The standard InChI is InChI=1S/C26H25BO3/c1-25(2)26(3,4)30-27(29-25)20-15-16-21-22(17-20)28-24(19-13-9-6-10-14-19)23(21)18-11-7-5-8-12-18/h5-17H,1-4H3. The Bertz CT molecular complexity index is 1180. The SMILES string of the molecule is CC1(C)OB(c2ccc3c(-c4ccccc4)c(-c4ccccc4)oc3c2)OC1(C)C. The molecule has 3 aromatic carbocycles. The molecule has 0 bridgehead atoms. The summed E-state index contributed by atoms with van der Waals surface area (Å²) in [6.07, 6.45) is 0. The molecule has 0 atom stereocenters. The molecule has 1 aliphatic heterocycles. The predicted molar refractivity (Wildman–Crippen MR) is 123 cm³/mol. The minimum atomic E-state index is -0.412. The van der Waals surface area contributed by atoms with Gasteiger partial charge >= 0.3 is 7.12 Å². The average Bonchev–Trinajstić information content (AvgIpc) is 3.22. The van der Waals surface area contributed by atoms with Crippen LogP contribution in [0, 0.1) is 0 Å². The fraction of sp³-hybridized carbons (Fsp3) is 0.231. The number of hydrogen-bond acceptors (Lipinski definition) is 3. The lowest BCUT2D eigenvalue weighted by atomic mass is 9.78. The summed E-state index contributed by atoms with van der Waals surface area (Å²) in [5.74, 6) is 0.878. The summed E-state index contributed by atoms with van der Waals surface area (Å²) >= 11 is 0. The highest BCUT2D eigenvalue weighted by Crippen LogP contribution is 2.41. The number of benzene rings is 3. The second kappa shape index (κ2) is 6.87. The van der Waals surface area contributed by atoms with Gasteiger partial charge < -0.3 is 13.7 Å². The Hall–Kier alpha value is -2.82. The first kappa shape index (κ1) is 19.2. The van der Waals surface area contributed by atoms with E-state index in [1.165, 1.54) is 0 Å². The largest absolute Gasteiger partial charge is 0.494 e. The Balaban J connectivity index is 1.66. The minimum Gasteiger partial charge on any atom is -0.455 e. The van der Waals surface area contributed by atoms with Crippen LogP contribution < -0.4 is 5.46 Å². The van der Waals surface area contributed by atoms with Crippen LogP contribution in [0.2, 0.25) is 0 Å². The zero-order valence-electron chi connectivity index (χ0n) is 17.8. The van der Waals surface area contributed by atoms with E-state index in [4.69, 9.17) is 13.7 Å². The molecule has 2 heterocycles. The van der Waals surface area contributed by atoms with Crippen molar-refractivity contribution >= 4 is 23.6 Å². The fourth-order valence-corrected chi connectivity index (χ4v) is 3.92. The molecule has 0 spiro atoms. The lowest BCUT2D eigenvalue weighted by Gasteiger charge is -2.32. The van der Waals surface area contributed by atoms with Gasteiger partial charge in [-0.2, -0.15) is 0 Å². The Morgan fingerprint density at radius 3 is 1.83 bits per heavy atom. The topological polar surface area (TPSA) is 31.6 Å². The van der Waals surface area contributed by atoms with Crippen molar-refractivity contribution in [2.24, 2.45) is 0 Å². The average molecular weight is 396 g/mol. The maximum absolute atomic E-state index is 6.43. The van der Waals surface area contributed by atoms with Crippen LogP contribution in [0.25, 0.3) is 33.4 Å². The molecular formula is C26H25BO3. The molecule has 30 heavy (non-hydrogen) atoms. The third-order valence-electron chi connectivity index (χ3n) is 6.34. The van der Waals surface area contributed by atoms with Crippen LogP contribution in [0.4, 0.5) is 0 Å². The molecule has 0 radical (unpaired) electrons. The molecule has 0 saturated carbocycles. The maximum Gasteiger partial charge on any atom is 0.494 e. The van der Waals surface area contributed by atoms with E-state index in [-0.39, 0.29) is 11.2 Å². The summed E-state index contributed by atoms with van der Waals surface area (Å²) in [7, 11) is -0.412. The van der Waals surface area contributed by atoms with Crippen LogP contribution in [-0.2, 0) is 9.31 Å². The highest BCUT2D eigenvalue weighted by Gasteiger charge is 2.51. The number of rotatable bonds is 3. The van der Waals surface area contributed by atoms with E-state index >= 15 is 0 Å². The second-order valence-corrected chi connectivity index (χ2v) is 8.88. The second-order valence-electron chi connectivity index (χ2n) is 8.88. The summed E-state index contributed by atoms with van der Waals surface area (Å²) in [6, 6.07) is 26.9.